The number of nitrogens with one attached hydrogen (secondary N) is 1. The van der Waals surface area contributed by atoms with Crippen molar-refractivity contribution in [2.75, 3.05) is 17.3 Å². The predicted molar refractivity (Wildman–Crippen MR) is 103 cm³/mol. The zero-order chi connectivity index (χ0) is 18.6. The Labute approximate surface area is 156 Å². The van der Waals surface area contributed by atoms with Crippen molar-refractivity contribution in [3.63, 3.8) is 0 Å². The zero-order valence-corrected chi connectivity index (χ0v) is 16.3. The lowest BCUT2D eigenvalue weighted by Gasteiger charge is -2.16. The summed E-state index contributed by atoms with van der Waals surface area (Å²) in [7, 11) is 1.69. The van der Waals surface area contributed by atoms with Crippen LogP contribution in [0.25, 0.3) is 0 Å². The van der Waals surface area contributed by atoms with Gasteiger partial charge in [-0.1, -0.05) is 6.07 Å². The Balaban J connectivity index is 2.16. The number of rotatable bonds is 5. The van der Waals surface area contributed by atoms with Gasteiger partial charge >= 0.3 is 0 Å². The van der Waals surface area contributed by atoms with E-state index in [1.165, 1.54) is 11.8 Å². The highest BCUT2D eigenvalue weighted by Gasteiger charge is 2.12. The van der Waals surface area contributed by atoms with E-state index in [0.29, 0.717) is 22.7 Å². The molecular formula is C19H21BrN2O3. The molecule has 25 heavy (non-hydrogen) atoms. The minimum Gasteiger partial charge on any atom is -0.490 e. The van der Waals surface area contributed by atoms with Gasteiger partial charge in [0.25, 0.3) is 5.91 Å². The van der Waals surface area contributed by atoms with E-state index in [2.05, 4.69) is 21.2 Å². The fraction of sp³-hybridized carbons (Fsp3) is 0.263. The van der Waals surface area contributed by atoms with E-state index in [0.717, 1.165) is 4.47 Å². The minimum atomic E-state index is -0.237. The van der Waals surface area contributed by atoms with Crippen molar-refractivity contribution in [1.82, 2.24) is 0 Å². The smallest absolute Gasteiger partial charge is 0.255 e. The first-order chi connectivity index (χ1) is 11.8. The molecule has 132 valence electrons. The second-order valence-corrected chi connectivity index (χ2v) is 6.75. The summed E-state index contributed by atoms with van der Waals surface area (Å²) in [5.41, 5.74) is 1.84. The first kappa shape index (κ1) is 19.0. The molecule has 0 aliphatic heterocycles. The molecule has 2 aromatic carbocycles. The Kier molecular flexibility index (Phi) is 6.20. The molecule has 0 spiro atoms. The SMILES string of the molecule is CC(=O)N(C)c1cccc(NC(=O)c2ccc(OC(C)C)c(Br)c2)c1. The number of halogens is 1. The van der Waals surface area contributed by atoms with E-state index in [-0.39, 0.29) is 17.9 Å². The van der Waals surface area contributed by atoms with Gasteiger partial charge in [0.15, 0.2) is 0 Å². The number of ether oxygens (including phenoxy) is 1. The topological polar surface area (TPSA) is 58.6 Å². The second kappa shape index (κ2) is 8.16. The van der Waals surface area contributed by atoms with Crippen LogP contribution in [0, 0.1) is 0 Å². The van der Waals surface area contributed by atoms with Crippen LogP contribution in [0.3, 0.4) is 0 Å². The number of anilines is 2. The lowest BCUT2D eigenvalue weighted by atomic mass is 10.2. The van der Waals surface area contributed by atoms with E-state index in [1.54, 1.807) is 43.4 Å². The number of nitrogens with zero attached hydrogens (tertiary/aromatic N) is 1. The van der Waals surface area contributed by atoms with E-state index in [9.17, 15) is 9.59 Å². The molecule has 0 radical (unpaired) electrons. The average Bonchev–Trinajstić information content (AvgIpc) is 2.55. The summed E-state index contributed by atoms with van der Waals surface area (Å²) in [4.78, 5) is 25.4. The highest BCUT2D eigenvalue weighted by atomic mass is 79.9. The molecule has 1 N–H and O–H groups in total. The quantitative estimate of drug-likeness (QED) is 0.799. The number of hydrogen-bond donors (Lipinski definition) is 1. The largest absolute Gasteiger partial charge is 0.490 e. The molecule has 0 aliphatic rings. The monoisotopic (exact) mass is 404 g/mol. The summed E-state index contributed by atoms with van der Waals surface area (Å²) in [6.07, 6.45) is 0.0528. The number of benzene rings is 2. The molecule has 2 rings (SSSR count). The van der Waals surface area contributed by atoms with Crippen molar-refractivity contribution in [2.24, 2.45) is 0 Å². The van der Waals surface area contributed by atoms with Crippen LogP contribution in [0.5, 0.6) is 5.75 Å². The van der Waals surface area contributed by atoms with E-state index >= 15 is 0 Å². The molecule has 5 nitrogen and oxygen atoms in total. The molecule has 0 fully saturated rings. The fourth-order valence-electron chi connectivity index (χ4n) is 2.17. The standard InChI is InChI=1S/C19H21BrN2O3/c1-12(2)25-18-9-8-14(10-17(18)20)19(24)21-15-6-5-7-16(11-15)22(4)13(3)23/h5-12H,1-4H3,(H,21,24). The van der Waals surface area contributed by atoms with Gasteiger partial charge < -0.3 is 15.0 Å². The Hall–Kier alpha value is -2.34. The van der Waals surface area contributed by atoms with Crippen LogP contribution in [-0.2, 0) is 4.79 Å². The molecule has 0 saturated carbocycles. The van der Waals surface area contributed by atoms with Crippen molar-refractivity contribution in [3.8, 4) is 5.75 Å². The zero-order valence-electron chi connectivity index (χ0n) is 14.7. The Morgan fingerprint density at radius 3 is 2.48 bits per heavy atom. The van der Waals surface area contributed by atoms with Crippen molar-refractivity contribution in [3.05, 3.63) is 52.5 Å². The third-order valence-corrected chi connectivity index (χ3v) is 4.14. The maximum absolute atomic E-state index is 12.5. The number of carbonyl (C=O) groups is 2. The summed E-state index contributed by atoms with van der Waals surface area (Å²) in [6, 6.07) is 12.3. The second-order valence-electron chi connectivity index (χ2n) is 5.89. The third kappa shape index (κ3) is 5.06. The molecule has 0 heterocycles. The van der Waals surface area contributed by atoms with Gasteiger partial charge in [-0.25, -0.2) is 0 Å². The van der Waals surface area contributed by atoms with Crippen LogP contribution in [0.4, 0.5) is 11.4 Å². The van der Waals surface area contributed by atoms with Gasteiger partial charge in [-0.05, 0) is 66.2 Å². The van der Waals surface area contributed by atoms with Crippen LogP contribution in [-0.4, -0.2) is 25.0 Å². The maximum atomic E-state index is 12.5. The lowest BCUT2D eigenvalue weighted by Crippen LogP contribution is -2.23. The molecular weight excluding hydrogens is 384 g/mol. The lowest BCUT2D eigenvalue weighted by molar-refractivity contribution is -0.116. The average molecular weight is 405 g/mol. The minimum absolute atomic E-state index is 0.0528. The first-order valence-electron chi connectivity index (χ1n) is 7.90. The van der Waals surface area contributed by atoms with Gasteiger partial charge in [0.2, 0.25) is 5.91 Å². The van der Waals surface area contributed by atoms with Crippen LogP contribution in [0.15, 0.2) is 46.9 Å². The summed E-state index contributed by atoms with van der Waals surface area (Å²) in [5.74, 6) is 0.379. The molecule has 0 aromatic heterocycles. The Morgan fingerprint density at radius 2 is 1.88 bits per heavy atom. The van der Waals surface area contributed by atoms with Gasteiger partial charge in [0.1, 0.15) is 5.75 Å². The molecule has 0 unspecified atom stereocenters. The van der Waals surface area contributed by atoms with Gasteiger partial charge in [-0.2, -0.15) is 0 Å². The van der Waals surface area contributed by atoms with Crippen LogP contribution in [0.2, 0.25) is 0 Å². The summed E-state index contributed by atoms with van der Waals surface area (Å²) >= 11 is 3.43. The third-order valence-electron chi connectivity index (χ3n) is 3.52. The molecule has 0 aliphatic carbocycles. The summed E-state index contributed by atoms with van der Waals surface area (Å²) in [5, 5.41) is 2.84. The first-order valence-corrected chi connectivity index (χ1v) is 8.69. The van der Waals surface area contributed by atoms with E-state index in [1.807, 2.05) is 19.9 Å². The van der Waals surface area contributed by atoms with E-state index < -0.39 is 0 Å². The van der Waals surface area contributed by atoms with Gasteiger partial charge in [0.05, 0.1) is 10.6 Å². The predicted octanol–water partition coefficient (Wildman–Crippen LogP) is 4.47. The molecule has 2 aromatic rings. The molecule has 0 saturated heterocycles. The molecule has 0 atom stereocenters. The van der Waals surface area contributed by atoms with Crippen molar-refractivity contribution in [2.45, 2.75) is 26.9 Å². The van der Waals surface area contributed by atoms with Gasteiger partial charge in [-0.15, -0.1) is 0 Å². The summed E-state index contributed by atoms with van der Waals surface area (Å²) in [6.45, 7) is 5.37. The molecule has 6 heteroatoms. The van der Waals surface area contributed by atoms with Crippen molar-refractivity contribution >= 4 is 39.1 Å². The van der Waals surface area contributed by atoms with E-state index in [4.69, 9.17) is 4.74 Å². The maximum Gasteiger partial charge on any atom is 0.255 e. The van der Waals surface area contributed by atoms with Crippen LogP contribution < -0.4 is 15.0 Å². The number of hydrogen-bond acceptors (Lipinski definition) is 3. The van der Waals surface area contributed by atoms with Gasteiger partial charge in [0, 0.05) is 30.9 Å². The number of carbonyl (C=O) groups excluding carboxylic acids is 2. The molecule has 2 amide bonds. The van der Waals surface area contributed by atoms with Gasteiger partial charge in [-0.3, -0.25) is 9.59 Å². The van der Waals surface area contributed by atoms with Crippen molar-refractivity contribution < 1.29 is 14.3 Å². The van der Waals surface area contributed by atoms with Crippen LogP contribution >= 0.6 is 15.9 Å². The fourth-order valence-corrected chi connectivity index (χ4v) is 2.64. The Bertz CT molecular complexity index is 790. The summed E-state index contributed by atoms with van der Waals surface area (Å²) < 4.78 is 6.37. The molecule has 0 bridgehead atoms. The highest BCUT2D eigenvalue weighted by Crippen LogP contribution is 2.27. The number of amides is 2. The van der Waals surface area contributed by atoms with Crippen molar-refractivity contribution in [1.29, 1.82) is 0 Å². The van der Waals surface area contributed by atoms with Crippen LogP contribution in [0.1, 0.15) is 31.1 Å². The normalized spacial score (nSPS) is 10.5. The highest BCUT2D eigenvalue weighted by molar-refractivity contribution is 9.10. The Morgan fingerprint density at radius 1 is 1.16 bits per heavy atom.